The van der Waals surface area contributed by atoms with Crippen molar-refractivity contribution in [2.24, 2.45) is 11.1 Å². The van der Waals surface area contributed by atoms with Crippen LogP contribution in [0.2, 0.25) is 0 Å². The summed E-state index contributed by atoms with van der Waals surface area (Å²) in [5.74, 6) is -5.77. The Balaban J connectivity index is 3.18. The standard InChI is InChI=1S/C10H13F6N3O/c1-8(2,3)5(17)6-18-7(20-19-6)4(9(11,12)13)10(14,15)16/h4-5H,17H2,1-3H3. The van der Waals surface area contributed by atoms with Crippen molar-refractivity contribution in [3.05, 3.63) is 11.7 Å². The molecule has 0 saturated carbocycles. The fraction of sp³-hybridized carbons (Fsp3) is 0.800. The first-order valence-electron chi connectivity index (χ1n) is 5.47. The number of hydrogen-bond donors (Lipinski definition) is 1. The molecule has 0 saturated heterocycles. The van der Waals surface area contributed by atoms with Crippen LogP contribution in [0.1, 0.15) is 44.4 Å². The predicted molar refractivity (Wildman–Crippen MR) is 55.5 cm³/mol. The van der Waals surface area contributed by atoms with E-state index in [0.717, 1.165) is 0 Å². The van der Waals surface area contributed by atoms with Gasteiger partial charge in [0.1, 0.15) is 0 Å². The minimum atomic E-state index is -5.58. The molecule has 116 valence electrons. The normalized spacial score (nSPS) is 15.8. The molecule has 1 aromatic rings. The summed E-state index contributed by atoms with van der Waals surface area (Å²) in [6, 6.07) is -0.956. The summed E-state index contributed by atoms with van der Waals surface area (Å²) in [6.45, 7) is 4.91. The molecule has 0 bridgehead atoms. The van der Waals surface area contributed by atoms with Crippen LogP contribution in [0.5, 0.6) is 0 Å². The lowest BCUT2D eigenvalue weighted by atomic mass is 9.87. The fourth-order valence-corrected chi connectivity index (χ4v) is 1.34. The zero-order chi connectivity index (χ0) is 15.9. The zero-order valence-electron chi connectivity index (χ0n) is 10.8. The molecule has 0 amide bonds. The first-order valence-corrected chi connectivity index (χ1v) is 5.47. The molecule has 2 N–H and O–H groups in total. The van der Waals surface area contributed by atoms with Crippen molar-refractivity contribution in [3.63, 3.8) is 0 Å². The monoisotopic (exact) mass is 305 g/mol. The minimum Gasteiger partial charge on any atom is -0.338 e. The fourth-order valence-electron chi connectivity index (χ4n) is 1.34. The van der Waals surface area contributed by atoms with Gasteiger partial charge in [-0.2, -0.15) is 31.3 Å². The Morgan fingerprint density at radius 3 is 1.80 bits per heavy atom. The molecule has 1 heterocycles. The lowest BCUT2D eigenvalue weighted by Crippen LogP contribution is -2.34. The molecular formula is C10H13F6N3O. The number of halogens is 6. The molecule has 0 aliphatic heterocycles. The second-order valence-electron chi connectivity index (χ2n) is 5.35. The maximum absolute atomic E-state index is 12.5. The highest BCUT2D eigenvalue weighted by molar-refractivity contribution is 5.05. The van der Waals surface area contributed by atoms with Crippen molar-refractivity contribution in [2.75, 3.05) is 0 Å². The van der Waals surface area contributed by atoms with Gasteiger partial charge < -0.3 is 10.3 Å². The van der Waals surface area contributed by atoms with E-state index in [0.29, 0.717) is 0 Å². The second kappa shape index (κ2) is 4.90. The van der Waals surface area contributed by atoms with Crippen LogP contribution < -0.4 is 5.73 Å². The number of nitrogens with two attached hydrogens (primary N) is 1. The number of hydrogen-bond acceptors (Lipinski definition) is 4. The molecule has 0 spiro atoms. The van der Waals surface area contributed by atoms with Gasteiger partial charge in [0.2, 0.25) is 11.8 Å². The van der Waals surface area contributed by atoms with E-state index < -0.39 is 41.4 Å². The van der Waals surface area contributed by atoms with Crippen LogP contribution in [0, 0.1) is 5.41 Å². The van der Waals surface area contributed by atoms with Gasteiger partial charge in [-0.05, 0) is 5.41 Å². The predicted octanol–water partition coefficient (Wildman–Crippen LogP) is 3.32. The van der Waals surface area contributed by atoms with Crippen LogP contribution in [-0.2, 0) is 0 Å². The minimum absolute atomic E-state index is 0.397. The lowest BCUT2D eigenvalue weighted by Gasteiger charge is -2.23. The Labute approximate surface area is 110 Å². The highest BCUT2D eigenvalue weighted by Crippen LogP contribution is 2.46. The SMILES string of the molecule is CC(C)(C)C(N)c1noc(C(C(F)(F)F)C(F)(F)F)n1. The number of aromatic nitrogens is 2. The molecule has 0 aliphatic rings. The van der Waals surface area contributed by atoms with E-state index in [4.69, 9.17) is 5.73 Å². The molecule has 0 aliphatic carbocycles. The van der Waals surface area contributed by atoms with Gasteiger partial charge in [0.25, 0.3) is 0 Å². The third kappa shape index (κ3) is 3.62. The van der Waals surface area contributed by atoms with E-state index in [1.807, 2.05) is 0 Å². The molecule has 10 heteroatoms. The summed E-state index contributed by atoms with van der Waals surface area (Å²) in [4.78, 5) is 3.17. The molecule has 4 nitrogen and oxygen atoms in total. The number of rotatable bonds is 2. The molecule has 1 aromatic heterocycles. The quantitative estimate of drug-likeness (QED) is 0.851. The summed E-state index contributed by atoms with van der Waals surface area (Å²) in [7, 11) is 0. The molecule has 1 atom stereocenters. The molecule has 0 radical (unpaired) electrons. The molecule has 1 rings (SSSR count). The summed E-state index contributed by atoms with van der Waals surface area (Å²) in [5.41, 5.74) is 5.01. The summed E-state index contributed by atoms with van der Waals surface area (Å²) < 4.78 is 78.9. The number of nitrogens with zero attached hydrogens (tertiary/aromatic N) is 2. The molecule has 0 aromatic carbocycles. The van der Waals surface area contributed by atoms with Crippen LogP contribution in [-0.4, -0.2) is 22.5 Å². The first-order chi connectivity index (χ1) is 8.74. The van der Waals surface area contributed by atoms with E-state index in [-0.39, 0.29) is 0 Å². The number of alkyl halides is 6. The Hall–Kier alpha value is -1.32. The first kappa shape index (κ1) is 16.7. The van der Waals surface area contributed by atoms with Gasteiger partial charge in [-0.3, -0.25) is 0 Å². The van der Waals surface area contributed by atoms with Crippen LogP contribution in [0.25, 0.3) is 0 Å². The van der Waals surface area contributed by atoms with Crippen molar-refractivity contribution < 1.29 is 30.9 Å². The van der Waals surface area contributed by atoms with E-state index in [2.05, 4.69) is 14.7 Å². The molecule has 20 heavy (non-hydrogen) atoms. The van der Waals surface area contributed by atoms with E-state index >= 15 is 0 Å². The van der Waals surface area contributed by atoms with Crippen LogP contribution in [0.4, 0.5) is 26.3 Å². The van der Waals surface area contributed by atoms with Crippen LogP contribution in [0.3, 0.4) is 0 Å². The van der Waals surface area contributed by atoms with Crippen molar-refractivity contribution >= 4 is 0 Å². The van der Waals surface area contributed by atoms with Gasteiger partial charge in [0.05, 0.1) is 6.04 Å². The van der Waals surface area contributed by atoms with Gasteiger partial charge >= 0.3 is 12.4 Å². The van der Waals surface area contributed by atoms with Crippen molar-refractivity contribution in [1.82, 2.24) is 10.1 Å². The second-order valence-corrected chi connectivity index (χ2v) is 5.35. The van der Waals surface area contributed by atoms with Crippen molar-refractivity contribution in [1.29, 1.82) is 0 Å². The van der Waals surface area contributed by atoms with Crippen LogP contribution in [0.15, 0.2) is 4.52 Å². The largest absolute Gasteiger partial charge is 0.409 e. The third-order valence-electron chi connectivity index (χ3n) is 2.57. The van der Waals surface area contributed by atoms with Gasteiger partial charge in [0.15, 0.2) is 5.82 Å². The van der Waals surface area contributed by atoms with Gasteiger partial charge in [-0.25, -0.2) is 0 Å². The van der Waals surface area contributed by atoms with E-state index in [9.17, 15) is 26.3 Å². The van der Waals surface area contributed by atoms with Gasteiger partial charge in [0, 0.05) is 0 Å². The van der Waals surface area contributed by atoms with Crippen molar-refractivity contribution in [3.8, 4) is 0 Å². The maximum atomic E-state index is 12.5. The summed E-state index contributed by atoms with van der Waals surface area (Å²) >= 11 is 0. The van der Waals surface area contributed by atoms with E-state index in [1.165, 1.54) is 0 Å². The Morgan fingerprint density at radius 1 is 1.00 bits per heavy atom. The smallest absolute Gasteiger partial charge is 0.338 e. The van der Waals surface area contributed by atoms with E-state index in [1.54, 1.807) is 20.8 Å². The Morgan fingerprint density at radius 2 is 1.45 bits per heavy atom. The third-order valence-corrected chi connectivity index (χ3v) is 2.57. The zero-order valence-corrected chi connectivity index (χ0v) is 10.8. The highest BCUT2D eigenvalue weighted by Gasteiger charge is 2.61. The van der Waals surface area contributed by atoms with Crippen molar-refractivity contribution in [2.45, 2.75) is 45.1 Å². The van der Waals surface area contributed by atoms with Crippen LogP contribution >= 0.6 is 0 Å². The van der Waals surface area contributed by atoms with Gasteiger partial charge in [-0.1, -0.05) is 25.9 Å². The molecule has 1 unspecified atom stereocenters. The molecular weight excluding hydrogens is 292 g/mol. The Kier molecular flexibility index (Phi) is 4.10. The molecule has 0 fully saturated rings. The summed E-state index contributed by atoms with van der Waals surface area (Å²) in [5, 5.41) is 3.12. The van der Waals surface area contributed by atoms with Gasteiger partial charge in [-0.15, -0.1) is 0 Å². The topological polar surface area (TPSA) is 64.9 Å². The Bertz CT molecular complexity index is 445. The lowest BCUT2D eigenvalue weighted by molar-refractivity contribution is -0.259. The maximum Gasteiger partial charge on any atom is 0.409 e. The average Bonchev–Trinajstić information content (AvgIpc) is 2.58. The average molecular weight is 305 g/mol. The highest BCUT2D eigenvalue weighted by atomic mass is 19.4. The summed E-state index contributed by atoms with van der Waals surface area (Å²) in [6.07, 6.45) is -11.2.